The number of aryl methyl sites for hydroxylation is 2. The monoisotopic (exact) mass is 366 g/mol. The number of carboxylic acids is 1. The fourth-order valence-corrected chi connectivity index (χ4v) is 1.16. The molecule has 0 saturated carbocycles. The van der Waals surface area contributed by atoms with Crippen LogP contribution in [-0.4, -0.2) is 11.1 Å². The molecule has 0 aromatic heterocycles. The van der Waals surface area contributed by atoms with E-state index in [0.29, 0.717) is 5.56 Å². The van der Waals surface area contributed by atoms with Crippen molar-refractivity contribution in [2.45, 2.75) is 20.8 Å². The van der Waals surface area contributed by atoms with Gasteiger partial charge in [0.2, 0.25) is 0 Å². The van der Waals surface area contributed by atoms with E-state index in [1.54, 1.807) is 12.1 Å². The van der Waals surface area contributed by atoms with Crippen LogP contribution < -0.4 is 0 Å². The van der Waals surface area contributed by atoms with E-state index < -0.39 is 5.97 Å². The summed E-state index contributed by atoms with van der Waals surface area (Å²) in [6, 6.07) is 3.40. The minimum absolute atomic E-state index is 0. The van der Waals surface area contributed by atoms with E-state index in [9.17, 15) is 4.79 Å². The van der Waals surface area contributed by atoms with Crippen molar-refractivity contribution in [1.29, 1.82) is 0 Å². The number of carbonyl (C=O) groups is 1. The zero-order chi connectivity index (χ0) is 9.30. The van der Waals surface area contributed by atoms with Crippen molar-refractivity contribution in [3.8, 4) is 0 Å². The first-order chi connectivity index (χ1) is 5.52. The first kappa shape index (κ1) is 12.6. The molecule has 1 aromatic rings. The molecule has 1 N–H and O–H groups in total. The maximum atomic E-state index is 10.6. The van der Waals surface area contributed by atoms with Crippen LogP contribution in [0.1, 0.15) is 27.0 Å². The summed E-state index contributed by atoms with van der Waals surface area (Å²) in [6.45, 7) is 5.85. The number of carboxylic acid groups (broad SMARTS) is 1. The Hall–Kier alpha value is -0.375. The molecular formula is C10H12HgO2. The van der Waals surface area contributed by atoms with E-state index in [2.05, 4.69) is 0 Å². The molecule has 0 fully saturated rings. The molecule has 0 aliphatic carbocycles. The molecule has 13 heavy (non-hydrogen) atoms. The van der Waals surface area contributed by atoms with Crippen LogP contribution in [0.15, 0.2) is 12.1 Å². The summed E-state index contributed by atoms with van der Waals surface area (Å²) < 4.78 is 0. The first-order valence-corrected chi connectivity index (χ1v) is 3.83. The van der Waals surface area contributed by atoms with E-state index in [4.69, 9.17) is 5.11 Å². The van der Waals surface area contributed by atoms with Crippen molar-refractivity contribution >= 4 is 5.97 Å². The summed E-state index contributed by atoms with van der Waals surface area (Å²) in [7, 11) is 0. The van der Waals surface area contributed by atoms with Crippen LogP contribution in [0.4, 0.5) is 0 Å². The smallest absolute Gasteiger partial charge is 0.335 e. The number of aromatic carboxylic acids is 1. The fraction of sp³-hybridized carbons (Fsp3) is 0.300. The molecule has 0 spiro atoms. The molecule has 1 aromatic carbocycles. The Bertz CT molecular complexity index is 309. The molecule has 0 heterocycles. The van der Waals surface area contributed by atoms with Crippen molar-refractivity contribution < 1.29 is 37.6 Å². The van der Waals surface area contributed by atoms with E-state index >= 15 is 0 Å². The van der Waals surface area contributed by atoms with Crippen molar-refractivity contribution in [3.05, 3.63) is 34.4 Å². The van der Waals surface area contributed by atoms with Crippen molar-refractivity contribution in [3.63, 3.8) is 0 Å². The maximum Gasteiger partial charge on any atom is 0.335 e. The number of rotatable bonds is 1. The van der Waals surface area contributed by atoms with E-state index in [1.807, 2.05) is 20.8 Å². The number of benzene rings is 1. The van der Waals surface area contributed by atoms with Crippen LogP contribution in [0.3, 0.4) is 0 Å². The number of hydrogen-bond donors (Lipinski definition) is 1. The van der Waals surface area contributed by atoms with Gasteiger partial charge in [-0.15, -0.1) is 0 Å². The van der Waals surface area contributed by atoms with Gasteiger partial charge in [0.05, 0.1) is 5.56 Å². The van der Waals surface area contributed by atoms with Crippen LogP contribution >= 0.6 is 0 Å². The summed E-state index contributed by atoms with van der Waals surface area (Å²) in [5, 5.41) is 8.72. The number of hydrogen-bond acceptors (Lipinski definition) is 1. The molecule has 0 radical (unpaired) electrons. The third-order valence-electron chi connectivity index (χ3n) is 2.17. The molecule has 2 nitrogen and oxygen atoms in total. The topological polar surface area (TPSA) is 37.3 Å². The van der Waals surface area contributed by atoms with E-state index in [-0.39, 0.29) is 27.7 Å². The van der Waals surface area contributed by atoms with E-state index in [0.717, 1.165) is 11.1 Å². The van der Waals surface area contributed by atoms with Crippen LogP contribution in [0, 0.1) is 20.8 Å². The molecule has 66 valence electrons. The van der Waals surface area contributed by atoms with E-state index in [1.165, 1.54) is 5.56 Å². The molecule has 0 aliphatic heterocycles. The van der Waals surface area contributed by atoms with Gasteiger partial charge in [0, 0.05) is 27.7 Å². The Kier molecular flexibility index (Phi) is 4.61. The standard InChI is InChI=1S/C10H12O2.Hg/c1-6-4-9(10(11)12)5-7(2)8(6)3;/h4-5H,1-3H3,(H,11,12);. The summed E-state index contributed by atoms with van der Waals surface area (Å²) >= 11 is 0. The Morgan fingerprint density at radius 2 is 1.54 bits per heavy atom. The van der Waals surface area contributed by atoms with Crippen LogP contribution in [-0.2, 0) is 27.7 Å². The normalized spacial score (nSPS) is 9.15. The minimum atomic E-state index is -0.860. The van der Waals surface area contributed by atoms with Gasteiger partial charge in [0.1, 0.15) is 0 Å². The van der Waals surface area contributed by atoms with Crippen LogP contribution in [0.5, 0.6) is 0 Å². The molecular weight excluding hydrogens is 353 g/mol. The van der Waals surface area contributed by atoms with Gasteiger partial charge in [-0.3, -0.25) is 0 Å². The van der Waals surface area contributed by atoms with Gasteiger partial charge in [-0.2, -0.15) is 0 Å². The first-order valence-electron chi connectivity index (χ1n) is 3.83. The molecule has 0 saturated heterocycles. The summed E-state index contributed by atoms with van der Waals surface area (Å²) in [6.07, 6.45) is 0. The zero-order valence-corrected chi connectivity index (χ0v) is 13.7. The Labute approximate surface area is 98.5 Å². The largest absolute Gasteiger partial charge is 0.478 e. The van der Waals surface area contributed by atoms with Crippen molar-refractivity contribution in [2.75, 3.05) is 0 Å². The van der Waals surface area contributed by atoms with Gasteiger partial charge in [-0.1, -0.05) is 0 Å². The predicted molar refractivity (Wildman–Crippen MR) is 47.6 cm³/mol. The maximum absolute atomic E-state index is 10.6. The summed E-state index contributed by atoms with van der Waals surface area (Å²) in [5.41, 5.74) is 3.61. The third kappa shape index (κ3) is 2.80. The van der Waals surface area contributed by atoms with Gasteiger partial charge in [0.25, 0.3) is 0 Å². The average molecular weight is 365 g/mol. The summed E-state index contributed by atoms with van der Waals surface area (Å²) in [5.74, 6) is -0.860. The van der Waals surface area contributed by atoms with Crippen molar-refractivity contribution in [1.82, 2.24) is 0 Å². The molecule has 0 unspecified atom stereocenters. The van der Waals surface area contributed by atoms with Gasteiger partial charge in [0.15, 0.2) is 0 Å². The van der Waals surface area contributed by atoms with Crippen molar-refractivity contribution in [2.24, 2.45) is 0 Å². The van der Waals surface area contributed by atoms with Gasteiger partial charge in [-0.05, 0) is 49.6 Å². The minimum Gasteiger partial charge on any atom is -0.478 e. The zero-order valence-electron chi connectivity index (χ0n) is 8.22. The Morgan fingerprint density at radius 1 is 1.15 bits per heavy atom. The predicted octanol–water partition coefficient (Wildman–Crippen LogP) is 2.31. The van der Waals surface area contributed by atoms with Gasteiger partial charge in [-0.25, -0.2) is 4.79 Å². The second kappa shape index (κ2) is 4.75. The summed E-state index contributed by atoms with van der Waals surface area (Å²) in [4.78, 5) is 10.6. The third-order valence-corrected chi connectivity index (χ3v) is 2.17. The molecule has 3 heteroatoms. The molecule has 0 amide bonds. The van der Waals surface area contributed by atoms with Gasteiger partial charge >= 0.3 is 5.97 Å². The van der Waals surface area contributed by atoms with Crippen LogP contribution in [0.25, 0.3) is 0 Å². The molecule has 0 aliphatic rings. The molecule has 0 atom stereocenters. The van der Waals surface area contributed by atoms with Gasteiger partial charge < -0.3 is 5.11 Å². The second-order valence-corrected chi connectivity index (χ2v) is 3.04. The average Bonchev–Trinajstić information content (AvgIpc) is 1.99. The van der Waals surface area contributed by atoms with Crippen LogP contribution in [0.2, 0.25) is 0 Å². The second-order valence-electron chi connectivity index (χ2n) is 3.04. The quantitative estimate of drug-likeness (QED) is 0.776. The Balaban J connectivity index is 0.00000144. The SMILES string of the molecule is Cc1cc(C(=O)O)cc(C)c1C.[Hg]. The molecule has 0 bridgehead atoms. The Morgan fingerprint density at radius 3 is 1.85 bits per heavy atom. The fourth-order valence-electron chi connectivity index (χ4n) is 1.16. The molecule has 1 rings (SSSR count).